The molecule has 0 saturated carbocycles. The van der Waals surface area contributed by atoms with Crippen LogP contribution >= 0.6 is 11.3 Å². The zero-order valence-electron chi connectivity index (χ0n) is 12.4. The van der Waals surface area contributed by atoms with E-state index in [1.54, 1.807) is 16.2 Å². The summed E-state index contributed by atoms with van der Waals surface area (Å²) in [6.45, 7) is 2.33. The van der Waals surface area contributed by atoms with Gasteiger partial charge in [0.1, 0.15) is 0 Å². The van der Waals surface area contributed by atoms with Crippen molar-refractivity contribution >= 4 is 17.2 Å². The number of allylic oxidation sites excluding steroid dienone is 1. The van der Waals surface area contributed by atoms with Crippen molar-refractivity contribution in [3.63, 3.8) is 0 Å². The van der Waals surface area contributed by atoms with E-state index < -0.39 is 6.29 Å². The van der Waals surface area contributed by atoms with Gasteiger partial charge < -0.3 is 19.5 Å². The van der Waals surface area contributed by atoms with Gasteiger partial charge in [-0.25, -0.2) is 0 Å². The van der Waals surface area contributed by atoms with Crippen molar-refractivity contribution in [1.29, 1.82) is 0 Å². The highest BCUT2D eigenvalue weighted by molar-refractivity contribution is 7.08. The Kier molecular flexibility index (Phi) is 5.12. The maximum atomic E-state index is 12.2. The average Bonchev–Trinajstić information content (AvgIpc) is 3.24. The monoisotopic (exact) mass is 323 g/mol. The molecule has 1 fully saturated rings. The summed E-state index contributed by atoms with van der Waals surface area (Å²) >= 11 is 1.65. The van der Waals surface area contributed by atoms with Gasteiger partial charge in [-0.3, -0.25) is 4.79 Å². The van der Waals surface area contributed by atoms with E-state index in [1.807, 2.05) is 11.5 Å². The van der Waals surface area contributed by atoms with Crippen molar-refractivity contribution in [2.45, 2.75) is 31.5 Å². The molecule has 1 saturated heterocycles. The van der Waals surface area contributed by atoms with Gasteiger partial charge in [0.25, 0.3) is 5.91 Å². The van der Waals surface area contributed by atoms with Gasteiger partial charge >= 0.3 is 0 Å². The van der Waals surface area contributed by atoms with Crippen molar-refractivity contribution in [1.82, 2.24) is 4.90 Å². The van der Waals surface area contributed by atoms with Crippen LogP contribution in [0.4, 0.5) is 0 Å². The first-order chi connectivity index (χ1) is 10.8. The van der Waals surface area contributed by atoms with Crippen molar-refractivity contribution in [2.24, 2.45) is 0 Å². The first-order valence-corrected chi connectivity index (χ1v) is 8.64. The zero-order chi connectivity index (χ0) is 15.4. The molecule has 120 valence electrons. The van der Waals surface area contributed by atoms with Crippen molar-refractivity contribution in [3.05, 3.63) is 34.2 Å². The molecule has 5 nitrogen and oxygen atoms in total. The van der Waals surface area contributed by atoms with Gasteiger partial charge in [-0.1, -0.05) is 0 Å². The summed E-state index contributed by atoms with van der Waals surface area (Å²) in [6, 6.07) is 2.08. The number of ether oxygens (including phenoxy) is 2. The van der Waals surface area contributed by atoms with Crippen LogP contribution in [0, 0.1) is 0 Å². The highest BCUT2D eigenvalue weighted by atomic mass is 32.1. The third-order valence-electron chi connectivity index (χ3n) is 3.83. The van der Waals surface area contributed by atoms with E-state index in [0.29, 0.717) is 18.8 Å². The van der Waals surface area contributed by atoms with Crippen LogP contribution in [-0.2, 0) is 14.3 Å². The molecule has 1 aromatic heterocycles. The molecule has 1 aromatic rings. The summed E-state index contributed by atoms with van der Waals surface area (Å²) in [4.78, 5) is 14.0. The molecule has 6 heteroatoms. The van der Waals surface area contributed by atoms with Crippen LogP contribution in [0.3, 0.4) is 0 Å². The average molecular weight is 323 g/mol. The molecule has 1 N–H and O–H groups in total. The van der Waals surface area contributed by atoms with Crippen LogP contribution < -0.4 is 0 Å². The first-order valence-electron chi connectivity index (χ1n) is 7.70. The molecular formula is C16H21NO4S. The lowest BCUT2D eigenvalue weighted by Crippen LogP contribution is -2.29. The van der Waals surface area contributed by atoms with Crippen molar-refractivity contribution < 1.29 is 19.4 Å². The lowest BCUT2D eigenvalue weighted by atomic mass is 9.95. The maximum Gasteiger partial charge on any atom is 0.288 e. The molecule has 0 aliphatic carbocycles. The highest BCUT2D eigenvalue weighted by Gasteiger charge is 2.34. The summed E-state index contributed by atoms with van der Waals surface area (Å²) in [6.07, 6.45) is 3.75. The number of unbranched alkanes of at least 4 members (excludes halogenated alkanes) is 1. The van der Waals surface area contributed by atoms with E-state index in [9.17, 15) is 4.79 Å². The van der Waals surface area contributed by atoms with Gasteiger partial charge in [0.05, 0.1) is 6.61 Å². The standard InChI is InChI=1S/C16H21NO4S/c18-6-1-2-7-20-15-10-13(12-3-8-22-11-12)9-14(21-15)16(19)17-4-5-17/h3,8-9,11,13,15,18H,1-2,4-7,10H2/t13-,15+/m1/s1. The Balaban J connectivity index is 1.66. The smallest absolute Gasteiger partial charge is 0.288 e. The Bertz CT molecular complexity index is 524. The molecule has 2 atom stereocenters. The van der Waals surface area contributed by atoms with Crippen molar-refractivity contribution in [3.8, 4) is 0 Å². The Labute approximate surface area is 134 Å². The maximum absolute atomic E-state index is 12.2. The number of thiophene rings is 1. The minimum absolute atomic E-state index is 0.0381. The second-order valence-corrected chi connectivity index (χ2v) is 6.35. The number of carbonyl (C=O) groups is 1. The third-order valence-corrected chi connectivity index (χ3v) is 4.53. The summed E-state index contributed by atoms with van der Waals surface area (Å²) in [7, 11) is 0. The fourth-order valence-corrected chi connectivity index (χ4v) is 3.19. The fourth-order valence-electron chi connectivity index (χ4n) is 2.47. The lowest BCUT2D eigenvalue weighted by molar-refractivity contribution is -0.149. The zero-order valence-corrected chi connectivity index (χ0v) is 13.3. The molecule has 0 radical (unpaired) electrons. The van der Waals surface area contributed by atoms with Crippen LogP contribution in [-0.4, -0.2) is 48.5 Å². The van der Waals surface area contributed by atoms with E-state index in [2.05, 4.69) is 11.4 Å². The third kappa shape index (κ3) is 3.88. The van der Waals surface area contributed by atoms with Crippen LogP contribution in [0.5, 0.6) is 0 Å². The number of amides is 1. The number of aliphatic hydroxyl groups is 1. The molecular weight excluding hydrogens is 302 g/mol. The summed E-state index contributed by atoms with van der Waals surface area (Å²) < 4.78 is 11.5. The number of hydrogen-bond acceptors (Lipinski definition) is 5. The van der Waals surface area contributed by atoms with Crippen LogP contribution in [0.2, 0.25) is 0 Å². The molecule has 3 heterocycles. The number of rotatable bonds is 7. The molecule has 0 aromatic carbocycles. The van der Waals surface area contributed by atoms with Gasteiger partial charge in [0.15, 0.2) is 5.76 Å². The van der Waals surface area contributed by atoms with Crippen LogP contribution in [0.15, 0.2) is 28.7 Å². The number of hydrogen-bond donors (Lipinski definition) is 1. The quantitative estimate of drug-likeness (QED) is 0.617. The SMILES string of the molecule is O=C(C1=C[C@@H](c2ccsc2)C[C@@H](OCCCCO)O1)N1CC1. The van der Waals surface area contributed by atoms with Gasteiger partial charge in [-0.2, -0.15) is 11.3 Å². The van der Waals surface area contributed by atoms with E-state index in [4.69, 9.17) is 14.6 Å². The molecule has 2 aliphatic rings. The normalized spacial score (nSPS) is 23.9. The Morgan fingerprint density at radius 2 is 2.32 bits per heavy atom. The second kappa shape index (κ2) is 7.26. The van der Waals surface area contributed by atoms with Gasteiger partial charge in [-0.05, 0) is 41.3 Å². The summed E-state index contributed by atoms with van der Waals surface area (Å²) in [5, 5.41) is 13.0. The molecule has 3 rings (SSSR count). The second-order valence-electron chi connectivity index (χ2n) is 5.57. The Morgan fingerprint density at radius 1 is 1.45 bits per heavy atom. The van der Waals surface area contributed by atoms with Crippen LogP contribution in [0.25, 0.3) is 0 Å². The topological polar surface area (TPSA) is 58.8 Å². The van der Waals surface area contributed by atoms with E-state index in [0.717, 1.165) is 25.9 Å². The van der Waals surface area contributed by atoms with E-state index in [1.165, 1.54) is 5.56 Å². The molecule has 2 aliphatic heterocycles. The number of aliphatic hydroxyl groups excluding tert-OH is 1. The minimum Gasteiger partial charge on any atom is -0.459 e. The number of carbonyl (C=O) groups excluding carboxylic acids is 1. The highest BCUT2D eigenvalue weighted by Crippen LogP contribution is 2.33. The molecule has 1 amide bonds. The van der Waals surface area contributed by atoms with Gasteiger partial charge in [0.2, 0.25) is 6.29 Å². The number of nitrogens with zero attached hydrogens (tertiary/aromatic N) is 1. The largest absolute Gasteiger partial charge is 0.459 e. The van der Waals surface area contributed by atoms with E-state index >= 15 is 0 Å². The van der Waals surface area contributed by atoms with Gasteiger partial charge in [0, 0.05) is 32.0 Å². The molecule has 22 heavy (non-hydrogen) atoms. The van der Waals surface area contributed by atoms with Crippen molar-refractivity contribution in [2.75, 3.05) is 26.3 Å². The summed E-state index contributed by atoms with van der Waals surface area (Å²) in [5.74, 6) is 0.526. The first kappa shape index (κ1) is 15.5. The van der Waals surface area contributed by atoms with E-state index in [-0.39, 0.29) is 18.4 Å². The Morgan fingerprint density at radius 3 is 3.00 bits per heavy atom. The molecule has 0 unspecified atom stereocenters. The molecule has 0 spiro atoms. The fraction of sp³-hybridized carbons (Fsp3) is 0.562. The Hall–Kier alpha value is -1.37. The molecule has 0 bridgehead atoms. The van der Waals surface area contributed by atoms with Crippen LogP contribution in [0.1, 0.15) is 30.7 Å². The minimum atomic E-state index is -0.396. The lowest BCUT2D eigenvalue weighted by Gasteiger charge is -2.29. The predicted molar refractivity (Wildman–Crippen MR) is 83.5 cm³/mol. The summed E-state index contributed by atoms with van der Waals surface area (Å²) in [5.41, 5.74) is 1.20. The predicted octanol–water partition coefficient (Wildman–Crippen LogP) is 2.09. The van der Waals surface area contributed by atoms with Gasteiger partial charge in [-0.15, -0.1) is 0 Å².